The molecule has 0 saturated heterocycles. The van der Waals surface area contributed by atoms with Gasteiger partial charge in [-0.3, -0.25) is 14.9 Å². The summed E-state index contributed by atoms with van der Waals surface area (Å²) >= 11 is 0. The molecule has 0 radical (unpaired) electrons. The van der Waals surface area contributed by atoms with E-state index in [9.17, 15) is 14.9 Å². The van der Waals surface area contributed by atoms with Crippen molar-refractivity contribution in [2.45, 2.75) is 0 Å². The Morgan fingerprint density at radius 1 is 1.47 bits per heavy atom. The standard InChI is InChI=1S/C11H9N3O3/c12-7-8-13-11(15)6-3-9-1-4-10(5-2-9)14(16)17/h1-6H,8H2,(H,13,15)/b6-3+. The Morgan fingerprint density at radius 3 is 2.65 bits per heavy atom. The lowest BCUT2D eigenvalue weighted by Gasteiger charge is -1.95. The first-order chi connectivity index (χ1) is 8.13. The highest BCUT2D eigenvalue weighted by molar-refractivity contribution is 5.91. The predicted octanol–water partition coefficient (Wildman–Crippen LogP) is 1.25. The number of nitro groups is 1. The van der Waals surface area contributed by atoms with Crippen molar-refractivity contribution in [3.05, 3.63) is 46.0 Å². The Labute approximate surface area is 97.3 Å². The Hall–Kier alpha value is -2.68. The second-order valence-corrected chi connectivity index (χ2v) is 3.06. The first kappa shape index (κ1) is 12.4. The van der Waals surface area contributed by atoms with Crippen LogP contribution in [0.4, 0.5) is 5.69 Å². The van der Waals surface area contributed by atoms with Gasteiger partial charge in [0.15, 0.2) is 0 Å². The molecule has 0 aliphatic rings. The summed E-state index contributed by atoms with van der Waals surface area (Å²) in [5.41, 5.74) is 0.666. The SMILES string of the molecule is N#CCNC(=O)/C=C/c1ccc([N+](=O)[O-])cc1. The molecule has 1 rings (SSSR count). The summed E-state index contributed by atoms with van der Waals surface area (Å²) < 4.78 is 0. The Balaban J connectivity index is 2.63. The minimum absolute atomic E-state index is 0.00363. The van der Waals surface area contributed by atoms with Crippen LogP contribution in [-0.2, 0) is 4.79 Å². The van der Waals surface area contributed by atoms with Crippen molar-refractivity contribution >= 4 is 17.7 Å². The molecule has 0 spiro atoms. The van der Waals surface area contributed by atoms with Crippen LogP contribution in [0.3, 0.4) is 0 Å². The van der Waals surface area contributed by atoms with Crippen molar-refractivity contribution in [3.8, 4) is 6.07 Å². The van der Waals surface area contributed by atoms with Crippen LogP contribution in [0.5, 0.6) is 0 Å². The maximum absolute atomic E-state index is 11.1. The number of rotatable bonds is 4. The zero-order chi connectivity index (χ0) is 12.7. The fourth-order valence-electron chi connectivity index (χ4n) is 1.06. The van der Waals surface area contributed by atoms with Crippen LogP contribution in [0.1, 0.15) is 5.56 Å². The molecule has 1 N–H and O–H groups in total. The van der Waals surface area contributed by atoms with Crippen molar-refractivity contribution in [2.75, 3.05) is 6.54 Å². The lowest BCUT2D eigenvalue weighted by molar-refractivity contribution is -0.384. The van der Waals surface area contributed by atoms with Crippen LogP contribution in [0.15, 0.2) is 30.3 Å². The summed E-state index contributed by atoms with van der Waals surface area (Å²) in [4.78, 5) is 21.0. The van der Waals surface area contributed by atoms with E-state index in [-0.39, 0.29) is 18.1 Å². The summed E-state index contributed by atoms with van der Waals surface area (Å²) in [6.07, 6.45) is 2.77. The largest absolute Gasteiger partial charge is 0.339 e. The summed E-state index contributed by atoms with van der Waals surface area (Å²) in [7, 11) is 0. The number of carbonyl (C=O) groups excluding carboxylic acids is 1. The van der Waals surface area contributed by atoms with Crippen molar-refractivity contribution in [1.29, 1.82) is 5.26 Å². The second kappa shape index (κ2) is 6.02. The Kier molecular flexibility index (Phi) is 4.39. The number of carbonyl (C=O) groups is 1. The minimum atomic E-state index is -0.493. The normalized spacial score (nSPS) is 9.82. The third-order valence-corrected chi connectivity index (χ3v) is 1.87. The van der Waals surface area contributed by atoms with Crippen molar-refractivity contribution < 1.29 is 9.72 Å². The molecule has 0 bridgehead atoms. The quantitative estimate of drug-likeness (QED) is 0.365. The van der Waals surface area contributed by atoms with Gasteiger partial charge in [0.2, 0.25) is 5.91 Å². The van der Waals surface area contributed by atoms with E-state index < -0.39 is 4.92 Å². The van der Waals surface area contributed by atoms with E-state index in [1.54, 1.807) is 6.07 Å². The highest BCUT2D eigenvalue weighted by atomic mass is 16.6. The second-order valence-electron chi connectivity index (χ2n) is 3.06. The molecule has 0 heterocycles. The van der Waals surface area contributed by atoms with E-state index in [0.717, 1.165) is 0 Å². The molecule has 1 aromatic rings. The molecular formula is C11H9N3O3. The van der Waals surface area contributed by atoms with E-state index in [1.165, 1.54) is 36.4 Å². The van der Waals surface area contributed by atoms with Crippen LogP contribution in [0.25, 0.3) is 6.08 Å². The Bertz CT molecular complexity index is 486. The molecule has 1 amide bonds. The van der Waals surface area contributed by atoms with Crippen LogP contribution in [0.2, 0.25) is 0 Å². The van der Waals surface area contributed by atoms with Crippen molar-refractivity contribution in [1.82, 2.24) is 5.32 Å². The molecule has 86 valence electrons. The fourth-order valence-corrected chi connectivity index (χ4v) is 1.06. The summed E-state index contributed by atoms with van der Waals surface area (Å²) in [6, 6.07) is 7.55. The fraction of sp³-hybridized carbons (Fsp3) is 0.0909. The van der Waals surface area contributed by atoms with Gasteiger partial charge < -0.3 is 5.32 Å². The van der Waals surface area contributed by atoms with Gasteiger partial charge in [0, 0.05) is 18.2 Å². The number of hydrogen-bond donors (Lipinski definition) is 1. The van der Waals surface area contributed by atoms with Gasteiger partial charge in [-0.25, -0.2) is 0 Å². The highest BCUT2D eigenvalue weighted by Gasteiger charge is 2.02. The summed E-state index contributed by atoms with van der Waals surface area (Å²) in [6.45, 7) is -0.0521. The zero-order valence-electron chi connectivity index (χ0n) is 8.79. The molecule has 17 heavy (non-hydrogen) atoms. The van der Waals surface area contributed by atoms with E-state index >= 15 is 0 Å². The zero-order valence-corrected chi connectivity index (χ0v) is 8.79. The van der Waals surface area contributed by atoms with Gasteiger partial charge in [0.1, 0.15) is 6.54 Å². The number of benzene rings is 1. The van der Waals surface area contributed by atoms with Crippen LogP contribution < -0.4 is 5.32 Å². The minimum Gasteiger partial charge on any atom is -0.339 e. The highest BCUT2D eigenvalue weighted by Crippen LogP contribution is 2.12. The van der Waals surface area contributed by atoms with Gasteiger partial charge in [-0.05, 0) is 23.8 Å². The van der Waals surface area contributed by atoms with Gasteiger partial charge in [-0.1, -0.05) is 0 Å². The topological polar surface area (TPSA) is 96.0 Å². The van der Waals surface area contributed by atoms with Crippen molar-refractivity contribution in [3.63, 3.8) is 0 Å². The number of non-ortho nitro benzene ring substituents is 1. The molecule has 0 aromatic heterocycles. The predicted molar refractivity (Wildman–Crippen MR) is 60.8 cm³/mol. The molecule has 0 unspecified atom stereocenters. The smallest absolute Gasteiger partial charge is 0.269 e. The molecule has 0 aliphatic carbocycles. The third-order valence-electron chi connectivity index (χ3n) is 1.87. The average molecular weight is 231 g/mol. The van der Waals surface area contributed by atoms with Gasteiger partial charge in [0.25, 0.3) is 5.69 Å². The summed E-state index contributed by atoms with van der Waals surface area (Å²) in [5.74, 6) is -0.384. The lowest BCUT2D eigenvalue weighted by atomic mass is 10.2. The monoisotopic (exact) mass is 231 g/mol. The molecule has 0 fully saturated rings. The van der Waals surface area contributed by atoms with Gasteiger partial charge >= 0.3 is 0 Å². The number of nitrogens with one attached hydrogen (secondary N) is 1. The van der Waals surface area contributed by atoms with Gasteiger partial charge in [-0.2, -0.15) is 5.26 Å². The molecule has 0 aliphatic heterocycles. The van der Waals surface area contributed by atoms with Gasteiger partial charge in [0.05, 0.1) is 11.0 Å². The summed E-state index contributed by atoms with van der Waals surface area (Å²) in [5, 5.41) is 21.0. The van der Waals surface area contributed by atoms with Gasteiger partial charge in [-0.15, -0.1) is 0 Å². The van der Waals surface area contributed by atoms with E-state index in [4.69, 9.17) is 5.26 Å². The van der Waals surface area contributed by atoms with E-state index in [2.05, 4.69) is 5.32 Å². The molecule has 6 heteroatoms. The van der Waals surface area contributed by atoms with Crippen LogP contribution in [0, 0.1) is 21.4 Å². The average Bonchev–Trinajstić information content (AvgIpc) is 2.34. The van der Waals surface area contributed by atoms with Crippen molar-refractivity contribution in [2.24, 2.45) is 0 Å². The van der Waals surface area contributed by atoms with E-state index in [1.807, 2.05) is 0 Å². The number of nitrogens with zero attached hydrogens (tertiary/aromatic N) is 2. The maximum atomic E-state index is 11.1. The molecule has 0 saturated carbocycles. The first-order valence-corrected chi connectivity index (χ1v) is 4.71. The number of amides is 1. The molecule has 6 nitrogen and oxygen atoms in total. The third kappa shape index (κ3) is 4.13. The Morgan fingerprint density at radius 2 is 2.12 bits per heavy atom. The number of nitro benzene ring substituents is 1. The number of hydrogen-bond acceptors (Lipinski definition) is 4. The number of nitriles is 1. The molecular weight excluding hydrogens is 222 g/mol. The molecule has 0 atom stereocenters. The maximum Gasteiger partial charge on any atom is 0.269 e. The van der Waals surface area contributed by atoms with Crippen LogP contribution >= 0.6 is 0 Å². The van der Waals surface area contributed by atoms with Crippen LogP contribution in [-0.4, -0.2) is 17.4 Å². The van der Waals surface area contributed by atoms with E-state index in [0.29, 0.717) is 5.56 Å². The molecule has 1 aromatic carbocycles. The first-order valence-electron chi connectivity index (χ1n) is 4.71. The lowest BCUT2D eigenvalue weighted by Crippen LogP contribution is -2.20.